The summed E-state index contributed by atoms with van der Waals surface area (Å²) in [6.07, 6.45) is 1.39. The van der Waals surface area contributed by atoms with Gasteiger partial charge in [-0.2, -0.15) is 0 Å². The smallest absolute Gasteiger partial charge is 0.0234 e. The molecule has 1 heterocycles. The first-order chi connectivity index (χ1) is 8.67. The lowest BCUT2D eigenvalue weighted by atomic mass is 9.91. The van der Waals surface area contributed by atoms with Crippen molar-refractivity contribution in [1.82, 2.24) is 10.2 Å². The molecule has 2 unspecified atom stereocenters. The van der Waals surface area contributed by atoms with E-state index in [1.54, 1.807) is 0 Å². The molecule has 2 heteroatoms. The predicted molar refractivity (Wildman–Crippen MR) is 77.4 cm³/mol. The summed E-state index contributed by atoms with van der Waals surface area (Å²) in [5, 5.41) is 3.22. The second-order valence-corrected chi connectivity index (χ2v) is 5.99. The van der Waals surface area contributed by atoms with E-state index in [0.717, 1.165) is 24.9 Å². The van der Waals surface area contributed by atoms with Crippen LogP contribution in [-0.2, 0) is 13.1 Å². The van der Waals surface area contributed by atoms with Crippen LogP contribution in [0.25, 0.3) is 0 Å². The molecule has 1 aromatic carbocycles. The normalized spacial score (nSPS) is 25.3. The van der Waals surface area contributed by atoms with Gasteiger partial charge in [0.15, 0.2) is 0 Å². The molecule has 2 nitrogen and oxygen atoms in total. The molecule has 0 amide bonds. The Bertz CT molecular complexity index is 365. The lowest BCUT2D eigenvalue weighted by Crippen LogP contribution is -2.38. The van der Waals surface area contributed by atoms with Crippen LogP contribution in [0.15, 0.2) is 24.3 Å². The molecular weight excluding hydrogens is 220 g/mol. The van der Waals surface area contributed by atoms with Crippen LogP contribution >= 0.6 is 0 Å². The van der Waals surface area contributed by atoms with Crippen molar-refractivity contribution in [1.29, 1.82) is 0 Å². The third-order valence-electron chi connectivity index (χ3n) is 3.72. The maximum atomic E-state index is 3.22. The van der Waals surface area contributed by atoms with Gasteiger partial charge in [0.1, 0.15) is 0 Å². The van der Waals surface area contributed by atoms with Crippen molar-refractivity contribution in [2.75, 3.05) is 20.1 Å². The van der Waals surface area contributed by atoms with Gasteiger partial charge in [0, 0.05) is 26.2 Å². The fraction of sp³-hybridized carbons (Fsp3) is 0.625. The highest BCUT2D eigenvalue weighted by Crippen LogP contribution is 2.22. The number of likely N-dealkylation sites (tertiary alicyclic amines) is 1. The highest BCUT2D eigenvalue weighted by Gasteiger charge is 2.21. The predicted octanol–water partition coefficient (Wildman–Crippen LogP) is 2.88. The van der Waals surface area contributed by atoms with Crippen molar-refractivity contribution in [3.8, 4) is 0 Å². The van der Waals surface area contributed by atoms with Crippen LogP contribution in [0.4, 0.5) is 0 Å². The Kier molecular flexibility index (Phi) is 4.79. The van der Waals surface area contributed by atoms with E-state index in [9.17, 15) is 0 Å². The zero-order valence-electron chi connectivity index (χ0n) is 11.9. The minimum absolute atomic E-state index is 0.842. The quantitative estimate of drug-likeness (QED) is 0.879. The number of rotatable bonds is 4. The van der Waals surface area contributed by atoms with Crippen LogP contribution in [0.1, 0.15) is 31.4 Å². The molecule has 100 valence electrons. The monoisotopic (exact) mass is 246 g/mol. The molecule has 0 bridgehead atoms. The summed E-state index contributed by atoms with van der Waals surface area (Å²) in [5.41, 5.74) is 2.83. The van der Waals surface area contributed by atoms with Crippen molar-refractivity contribution in [3.05, 3.63) is 35.4 Å². The molecule has 1 fully saturated rings. The Morgan fingerprint density at radius 1 is 1.17 bits per heavy atom. The summed E-state index contributed by atoms with van der Waals surface area (Å²) in [5.74, 6) is 1.68. The summed E-state index contributed by atoms with van der Waals surface area (Å²) in [7, 11) is 2.00. The molecule has 1 aromatic rings. The van der Waals surface area contributed by atoms with Gasteiger partial charge in [0.2, 0.25) is 0 Å². The Hall–Kier alpha value is -0.860. The molecule has 0 spiro atoms. The molecule has 2 atom stereocenters. The van der Waals surface area contributed by atoms with Gasteiger partial charge in [-0.05, 0) is 36.4 Å². The first-order valence-corrected chi connectivity index (χ1v) is 7.12. The van der Waals surface area contributed by atoms with Gasteiger partial charge in [0.25, 0.3) is 0 Å². The maximum Gasteiger partial charge on any atom is 0.0234 e. The second kappa shape index (κ2) is 6.35. The van der Waals surface area contributed by atoms with E-state index in [-0.39, 0.29) is 0 Å². The van der Waals surface area contributed by atoms with Crippen molar-refractivity contribution in [2.24, 2.45) is 11.8 Å². The molecule has 2 rings (SSSR count). The van der Waals surface area contributed by atoms with Crippen LogP contribution in [0.3, 0.4) is 0 Å². The number of hydrogen-bond donors (Lipinski definition) is 1. The Morgan fingerprint density at radius 2 is 1.83 bits per heavy atom. The van der Waals surface area contributed by atoms with E-state index in [4.69, 9.17) is 0 Å². The van der Waals surface area contributed by atoms with Crippen LogP contribution < -0.4 is 5.32 Å². The van der Waals surface area contributed by atoms with Crippen LogP contribution in [0, 0.1) is 11.8 Å². The van der Waals surface area contributed by atoms with Gasteiger partial charge in [-0.25, -0.2) is 0 Å². The molecule has 1 aliphatic rings. The highest BCUT2D eigenvalue weighted by molar-refractivity contribution is 5.23. The lowest BCUT2D eigenvalue weighted by Gasteiger charge is -2.35. The Labute approximate surface area is 111 Å². The van der Waals surface area contributed by atoms with Gasteiger partial charge < -0.3 is 5.32 Å². The minimum Gasteiger partial charge on any atom is -0.316 e. The van der Waals surface area contributed by atoms with Gasteiger partial charge in [-0.1, -0.05) is 38.1 Å². The first-order valence-electron chi connectivity index (χ1n) is 7.12. The first kappa shape index (κ1) is 13.6. The molecule has 18 heavy (non-hydrogen) atoms. The summed E-state index contributed by atoms with van der Waals surface area (Å²) < 4.78 is 0. The number of piperidine rings is 1. The number of benzene rings is 1. The van der Waals surface area contributed by atoms with E-state index in [0.29, 0.717) is 0 Å². The highest BCUT2D eigenvalue weighted by atomic mass is 15.1. The zero-order chi connectivity index (χ0) is 13.0. The molecule has 0 saturated carbocycles. The summed E-state index contributed by atoms with van der Waals surface area (Å²) in [6, 6.07) is 8.96. The van der Waals surface area contributed by atoms with Gasteiger partial charge >= 0.3 is 0 Å². The molecule has 1 N–H and O–H groups in total. The van der Waals surface area contributed by atoms with Gasteiger partial charge in [-0.15, -0.1) is 0 Å². The fourth-order valence-corrected chi connectivity index (χ4v) is 3.22. The van der Waals surface area contributed by atoms with Gasteiger partial charge in [0.05, 0.1) is 0 Å². The van der Waals surface area contributed by atoms with E-state index in [1.165, 1.54) is 30.6 Å². The largest absolute Gasteiger partial charge is 0.316 e. The molecule has 1 aliphatic heterocycles. The second-order valence-electron chi connectivity index (χ2n) is 5.99. The molecule has 0 aromatic heterocycles. The van der Waals surface area contributed by atoms with Crippen molar-refractivity contribution in [3.63, 3.8) is 0 Å². The van der Waals surface area contributed by atoms with E-state index in [1.807, 2.05) is 7.05 Å². The third kappa shape index (κ3) is 3.82. The van der Waals surface area contributed by atoms with Crippen molar-refractivity contribution >= 4 is 0 Å². The lowest BCUT2D eigenvalue weighted by molar-refractivity contribution is 0.134. The summed E-state index contributed by atoms with van der Waals surface area (Å²) in [6.45, 7) is 9.31. The van der Waals surface area contributed by atoms with E-state index < -0.39 is 0 Å². The number of nitrogens with one attached hydrogen (secondary N) is 1. The van der Waals surface area contributed by atoms with Crippen molar-refractivity contribution in [2.45, 2.75) is 33.4 Å². The maximum absolute atomic E-state index is 3.22. The molecule has 0 aliphatic carbocycles. The number of hydrogen-bond acceptors (Lipinski definition) is 2. The van der Waals surface area contributed by atoms with Crippen LogP contribution in [-0.4, -0.2) is 25.0 Å². The van der Waals surface area contributed by atoms with Crippen molar-refractivity contribution < 1.29 is 0 Å². The topological polar surface area (TPSA) is 15.3 Å². The molecule has 1 saturated heterocycles. The fourth-order valence-electron chi connectivity index (χ4n) is 3.22. The average molecular weight is 246 g/mol. The Balaban J connectivity index is 1.97. The SMILES string of the molecule is CNCc1cccc(CN2CC(C)CC(C)C2)c1. The molecular formula is C16H26N2. The van der Waals surface area contributed by atoms with Gasteiger partial charge in [-0.3, -0.25) is 4.90 Å². The average Bonchev–Trinajstić information content (AvgIpc) is 2.28. The van der Waals surface area contributed by atoms with Crippen LogP contribution in [0.2, 0.25) is 0 Å². The minimum atomic E-state index is 0.842. The summed E-state index contributed by atoms with van der Waals surface area (Å²) >= 11 is 0. The standard InChI is InChI=1S/C16H26N2/c1-13-7-14(2)11-18(10-13)12-16-6-4-5-15(8-16)9-17-3/h4-6,8,13-14,17H,7,9-12H2,1-3H3. The number of nitrogens with zero attached hydrogens (tertiary/aromatic N) is 1. The Morgan fingerprint density at radius 3 is 2.50 bits per heavy atom. The van der Waals surface area contributed by atoms with Crippen LogP contribution in [0.5, 0.6) is 0 Å². The molecule has 0 radical (unpaired) electrons. The zero-order valence-corrected chi connectivity index (χ0v) is 11.9. The third-order valence-corrected chi connectivity index (χ3v) is 3.72. The van der Waals surface area contributed by atoms with E-state index in [2.05, 4.69) is 48.3 Å². The summed E-state index contributed by atoms with van der Waals surface area (Å²) in [4.78, 5) is 2.61. The van der Waals surface area contributed by atoms with E-state index >= 15 is 0 Å².